The maximum atomic E-state index is 13.8. The summed E-state index contributed by atoms with van der Waals surface area (Å²) in [5.41, 5.74) is 2.24. The molecule has 1 N–H and O–H groups in total. The van der Waals surface area contributed by atoms with Gasteiger partial charge in [0.05, 0.1) is 5.25 Å². The number of hydrogen-bond donors (Lipinski definition) is 1. The van der Waals surface area contributed by atoms with E-state index in [2.05, 4.69) is 5.32 Å². The highest BCUT2D eigenvalue weighted by atomic mass is 32.2. The molecule has 0 bridgehead atoms. The first kappa shape index (κ1) is 29.1. The van der Waals surface area contributed by atoms with E-state index in [1.165, 1.54) is 4.90 Å². The molecule has 1 aliphatic heterocycles. The fraction of sp³-hybridized carbons (Fsp3) is 0.312. The molecule has 3 aromatic rings. The molecule has 2 amide bonds. The van der Waals surface area contributed by atoms with Crippen molar-refractivity contribution < 1.29 is 23.9 Å². The summed E-state index contributed by atoms with van der Waals surface area (Å²) in [6.45, 7) is 5.04. The summed E-state index contributed by atoms with van der Waals surface area (Å²) in [6, 6.07) is 24.8. The molecule has 0 aliphatic carbocycles. The molecule has 208 valence electrons. The highest BCUT2D eigenvalue weighted by molar-refractivity contribution is 8.15. The number of nitrogens with one attached hydrogen (secondary N) is 1. The number of rotatable bonds is 8. The van der Waals surface area contributed by atoms with Crippen molar-refractivity contribution in [2.24, 2.45) is 0 Å². The highest BCUT2D eigenvalue weighted by Gasteiger charge is 2.35. The monoisotopic (exact) mass is 558 g/mol. The third-order valence-corrected chi connectivity index (χ3v) is 7.50. The largest absolute Gasteiger partial charge is 0.459 e. The molecule has 0 fully saturated rings. The van der Waals surface area contributed by atoms with Crippen LogP contribution in [0, 0.1) is 0 Å². The lowest BCUT2D eigenvalue weighted by Crippen LogP contribution is -2.52. The normalized spacial score (nSPS) is 15.9. The Labute approximate surface area is 239 Å². The van der Waals surface area contributed by atoms with Crippen LogP contribution in [0.5, 0.6) is 0 Å². The van der Waals surface area contributed by atoms with Crippen LogP contribution in [0.4, 0.5) is 5.69 Å². The van der Waals surface area contributed by atoms with E-state index in [4.69, 9.17) is 4.74 Å². The van der Waals surface area contributed by atoms with Gasteiger partial charge in [-0.25, -0.2) is 0 Å². The first-order valence-corrected chi connectivity index (χ1v) is 14.2. The van der Waals surface area contributed by atoms with Gasteiger partial charge in [-0.15, -0.1) is 0 Å². The summed E-state index contributed by atoms with van der Waals surface area (Å²) in [6.07, 6.45) is 1.22. The molecule has 0 unspecified atom stereocenters. The third-order valence-electron chi connectivity index (χ3n) is 6.39. The molecule has 4 rings (SSSR count). The number of carbonyl (C=O) groups is 4. The number of fused-ring (bicyclic) bond motifs is 1. The van der Waals surface area contributed by atoms with Crippen LogP contribution in [0.25, 0.3) is 0 Å². The number of amides is 2. The van der Waals surface area contributed by atoms with Crippen molar-refractivity contribution in [3.63, 3.8) is 0 Å². The van der Waals surface area contributed by atoms with E-state index in [0.717, 1.165) is 22.9 Å². The first-order chi connectivity index (χ1) is 19.1. The molecule has 40 heavy (non-hydrogen) atoms. The minimum Gasteiger partial charge on any atom is -0.459 e. The zero-order valence-electron chi connectivity index (χ0n) is 23.0. The van der Waals surface area contributed by atoms with Gasteiger partial charge >= 0.3 is 5.97 Å². The van der Waals surface area contributed by atoms with E-state index in [-0.39, 0.29) is 17.6 Å². The van der Waals surface area contributed by atoms with Crippen molar-refractivity contribution in [3.8, 4) is 0 Å². The van der Waals surface area contributed by atoms with Crippen LogP contribution >= 0.6 is 11.8 Å². The molecular formula is C32H34N2O5S. The van der Waals surface area contributed by atoms with Crippen molar-refractivity contribution >= 4 is 40.3 Å². The first-order valence-electron chi connectivity index (χ1n) is 13.3. The molecule has 3 aromatic carbocycles. The summed E-state index contributed by atoms with van der Waals surface area (Å²) in [4.78, 5) is 54.7. The minimum atomic E-state index is -0.868. The maximum absolute atomic E-state index is 13.8. The van der Waals surface area contributed by atoms with E-state index < -0.39 is 28.8 Å². The molecule has 0 aromatic heterocycles. The van der Waals surface area contributed by atoms with Gasteiger partial charge in [0.2, 0.25) is 16.9 Å². The van der Waals surface area contributed by atoms with Gasteiger partial charge in [0, 0.05) is 11.3 Å². The Hall–Kier alpha value is -3.91. The van der Waals surface area contributed by atoms with Crippen LogP contribution in [0.1, 0.15) is 48.7 Å². The molecule has 7 nitrogen and oxygen atoms in total. The van der Waals surface area contributed by atoms with Crippen LogP contribution in [0.3, 0.4) is 0 Å². The van der Waals surface area contributed by atoms with E-state index in [1.54, 1.807) is 51.1 Å². The zero-order chi connectivity index (χ0) is 28.7. The van der Waals surface area contributed by atoms with E-state index in [9.17, 15) is 19.2 Å². The van der Waals surface area contributed by atoms with Gasteiger partial charge in [-0.2, -0.15) is 0 Å². The smallest absolute Gasteiger partial charge is 0.326 e. The number of benzene rings is 3. The SMILES string of the molecule is CC(C)(C)OC(=O)CN1C(=O)[C@@H](NC(=O)[C@H](Cc2ccccc2)SC(=O)c2ccccc2)CCc2ccccc21. The third kappa shape index (κ3) is 7.82. The van der Waals surface area contributed by atoms with Gasteiger partial charge in [-0.05, 0) is 57.2 Å². The Kier molecular flexibility index (Phi) is 9.42. The Balaban J connectivity index is 1.56. The number of aryl methyl sites for hydroxylation is 1. The predicted molar refractivity (Wildman–Crippen MR) is 157 cm³/mol. The van der Waals surface area contributed by atoms with E-state index >= 15 is 0 Å². The van der Waals surface area contributed by atoms with E-state index in [1.807, 2.05) is 54.6 Å². The zero-order valence-corrected chi connectivity index (χ0v) is 23.8. The summed E-state index contributed by atoms with van der Waals surface area (Å²) in [5.74, 6) is -1.32. The Bertz CT molecular complexity index is 1350. The summed E-state index contributed by atoms with van der Waals surface area (Å²) < 4.78 is 5.49. The number of anilines is 1. The second kappa shape index (κ2) is 13.0. The fourth-order valence-corrected chi connectivity index (χ4v) is 5.55. The second-order valence-corrected chi connectivity index (χ2v) is 11.9. The summed E-state index contributed by atoms with van der Waals surface area (Å²) in [7, 11) is 0. The number of esters is 1. The number of carbonyl (C=O) groups excluding carboxylic acids is 4. The van der Waals surface area contributed by atoms with Crippen LogP contribution in [-0.2, 0) is 32.0 Å². The molecule has 2 atom stereocenters. The van der Waals surface area contributed by atoms with Gasteiger partial charge in [0.25, 0.3) is 0 Å². The van der Waals surface area contributed by atoms with Gasteiger partial charge < -0.3 is 10.1 Å². The Morgan fingerprint density at radius 1 is 0.950 bits per heavy atom. The van der Waals surface area contributed by atoms with Crippen LogP contribution < -0.4 is 10.2 Å². The summed E-state index contributed by atoms with van der Waals surface area (Å²) >= 11 is 0.951. The van der Waals surface area contributed by atoms with Crippen molar-refractivity contribution in [1.82, 2.24) is 5.32 Å². The maximum Gasteiger partial charge on any atom is 0.326 e. The van der Waals surface area contributed by atoms with Crippen LogP contribution in [-0.4, -0.2) is 46.3 Å². The lowest BCUT2D eigenvalue weighted by Gasteiger charge is -2.28. The fourth-order valence-electron chi connectivity index (χ4n) is 4.57. The lowest BCUT2D eigenvalue weighted by atomic mass is 10.1. The molecule has 0 saturated carbocycles. The number of nitrogens with zero attached hydrogens (tertiary/aromatic N) is 1. The van der Waals surface area contributed by atoms with Crippen LogP contribution in [0.15, 0.2) is 84.9 Å². The topological polar surface area (TPSA) is 92.8 Å². The lowest BCUT2D eigenvalue weighted by molar-refractivity contribution is -0.153. The van der Waals surface area contributed by atoms with Crippen LogP contribution in [0.2, 0.25) is 0 Å². The second-order valence-electron chi connectivity index (χ2n) is 10.7. The molecular weight excluding hydrogens is 524 g/mol. The number of ether oxygens (including phenoxy) is 1. The Morgan fingerprint density at radius 2 is 1.57 bits per heavy atom. The van der Waals surface area contributed by atoms with Gasteiger partial charge in [-0.3, -0.25) is 24.1 Å². The minimum absolute atomic E-state index is 0.220. The standard InChI is InChI=1S/C32H34N2O5S/c1-32(2,3)39-28(35)21-34-26-17-11-10-14-23(26)18-19-25(30(34)37)33-29(36)27(20-22-12-6-4-7-13-22)40-31(38)24-15-8-5-9-16-24/h4-17,25,27H,18-21H2,1-3H3,(H,33,36)/t25-,27-/m0/s1. The highest BCUT2D eigenvalue weighted by Crippen LogP contribution is 2.28. The number of para-hydroxylation sites is 1. The molecule has 0 radical (unpaired) electrons. The predicted octanol–water partition coefficient (Wildman–Crippen LogP) is 4.98. The Morgan fingerprint density at radius 3 is 2.25 bits per heavy atom. The van der Waals surface area contributed by atoms with Crippen molar-refractivity contribution in [2.75, 3.05) is 11.4 Å². The van der Waals surface area contributed by atoms with Gasteiger partial charge in [0.1, 0.15) is 18.2 Å². The van der Waals surface area contributed by atoms with Crippen molar-refractivity contribution in [1.29, 1.82) is 0 Å². The average molecular weight is 559 g/mol. The van der Waals surface area contributed by atoms with Crippen molar-refractivity contribution in [2.45, 2.75) is 56.9 Å². The number of hydrogen-bond acceptors (Lipinski definition) is 6. The number of thioether (sulfide) groups is 1. The molecule has 1 aliphatic rings. The molecule has 0 saturated heterocycles. The summed E-state index contributed by atoms with van der Waals surface area (Å²) in [5, 5.41) is 1.94. The molecule has 1 heterocycles. The quantitative estimate of drug-likeness (QED) is 0.392. The van der Waals surface area contributed by atoms with Gasteiger partial charge in [0.15, 0.2) is 0 Å². The van der Waals surface area contributed by atoms with Gasteiger partial charge in [-0.1, -0.05) is 90.6 Å². The molecule has 8 heteroatoms. The van der Waals surface area contributed by atoms with Crippen molar-refractivity contribution in [3.05, 3.63) is 102 Å². The molecule has 0 spiro atoms. The average Bonchev–Trinajstić information content (AvgIpc) is 3.05. The van der Waals surface area contributed by atoms with E-state index in [0.29, 0.717) is 30.5 Å².